The molecule has 8 nitrogen and oxygen atoms in total. The van der Waals surface area contributed by atoms with Crippen LogP contribution in [-0.4, -0.2) is 59.0 Å². The van der Waals surface area contributed by atoms with Gasteiger partial charge in [-0.3, -0.25) is 9.78 Å². The van der Waals surface area contributed by atoms with Crippen LogP contribution < -0.4 is 15.5 Å². The van der Waals surface area contributed by atoms with Crippen molar-refractivity contribution in [3.63, 3.8) is 0 Å². The number of rotatable bonds is 9. The molecule has 0 saturated carbocycles. The van der Waals surface area contributed by atoms with Gasteiger partial charge in [-0.25, -0.2) is 4.98 Å². The lowest BCUT2D eigenvalue weighted by molar-refractivity contribution is 0.0827. The summed E-state index contributed by atoms with van der Waals surface area (Å²) in [6, 6.07) is 24.5. The molecular weight excluding hydrogens is 486 g/mol. The van der Waals surface area contributed by atoms with Crippen LogP contribution in [0, 0.1) is 0 Å². The molecule has 200 valence electrons. The van der Waals surface area contributed by atoms with E-state index in [2.05, 4.69) is 49.8 Å². The standard InChI is InChI=1S/C31H35N7O/c1-37(2)30(39)25-13-11-24(12-14-25)28-21-35-31(34-20-26-10-6-7-17-33-26)36-29(28)38(27-15-18-32-19-16-27)22-23-8-4-3-5-9-23/h3-14,17,21,27,32H,15-16,18-20,22H2,1-2H3,(H,34,35,36). The van der Waals surface area contributed by atoms with E-state index in [4.69, 9.17) is 4.98 Å². The number of nitrogens with one attached hydrogen (secondary N) is 2. The van der Waals surface area contributed by atoms with Crippen molar-refractivity contribution in [3.8, 4) is 11.1 Å². The van der Waals surface area contributed by atoms with E-state index < -0.39 is 0 Å². The molecule has 4 aromatic rings. The van der Waals surface area contributed by atoms with Gasteiger partial charge in [0, 0.05) is 50.2 Å². The number of nitrogens with zero attached hydrogens (tertiary/aromatic N) is 5. The van der Waals surface area contributed by atoms with E-state index in [0.29, 0.717) is 24.1 Å². The summed E-state index contributed by atoms with van der Waals surface area (Å²) in [6.07, 6.45) is 5.74. The Morgan fingerprint density at radius 1 is 0.949 bits per heavy atom. The zero-order valence-electron chi connectivity index (χ0n) is 22.5. The molecule has 1 amide bonds. The third-order valence-electron chi connectivity index (χ3n) is 6.99. The minimum absolute atomic E-state index is 0.0208. The lowest BCUT2D eigenvalue weighted by atomic mass is 10.0. The molecule has 0 radical (unpaired) electrons. The first-order valence-corrected chi connectivity index (χ1v) is 13.4. The highest BCUT2D eigenvalue weighted by Gasteiger charge is 2.26. The van der Waals surface area contributed by atoms with Crippen LogP contribution in [-0.2, 0) is 13.1 Å². The van der Waals surface area contributed by atoms with Gasteiger partial charge in [-0.15, -0.1) is 0 Å². The van der Waals surface area contributed by atoms with E-state index in [0.717, 1.165) is 55.1 Å². The molecule has 0 atom stereocenters. The minimum atomic E-state index is -0.0208. The number of hydrogen-bond donors (Lipinski definition) is 2. The number of carbonyl (C=O) groups excluding carboxylic acids is 1. The molecule has 1 aliphatic heterocycles. The molecule has 39 heavy (non-hydrogen) atoms. The Bertz CT molecular complexity index is 1360. The van der Waals surface area contributed by atoms with Crippen LogP contribution in [0.15, 0.2) is 85.2 Å². The first-order valence-electron chi connectivity index (χ1n) is 13.4. The molecule has 0 unspecified atom stereocenters. The van der Waals surface area contributed by atoms with Gasteiger partial charge in [0.1, 0.15) is 5.82 Å². The average Bonchev–Trinajstić information content (AvgIpc) is 3.00. The van der Waals surface area contributed by atoms with Gasteiger partial charge in [0.2, 0.25) is 5.95 Å². The summed E-state index contributed by atoms with van der Waals surface area (Å²) in [5.41, 5.74) is 4.72. The van der Waals surface area contributed by atoms with Crippen molar-refractivity contribution in [2.24, 2.45) is 0 Å². The molecule has 1 fully saturated rings. The summed E-state index contributed by atoms with van der Waals surface area (Å²) in [5.74, 6) is 1.43. The third-order valence-corrected chi connectivity index (χ3v) is 6.99. The van der Waals surface area contributed by atoms with Crippen molar-refractivity contribution >= 4 is 17.7 Å². The maximum Gasteiger partial charge on any atom is 0.253 e. The molecule has 1 aliphatic rings. The van der Waals surface area contributed by atoms with Crippen LogP contribution in [0.2, 0.25) is 0 Å². The second-order valence-corrected chi connectivity index (χ2v) is 9.98. The van der Waals surface area contributed by atoms with Gasteiger partial charge in [-0.05, 0) is 61.3 Å². The second-order valence-electron chi connectivity index (χ2n) is 9.98. The van der Waals surface area contributed by atoms with E-state index in [1.165, 1.54) is 5.56 Å². The number of piperidine rings is 1. The van der Waals surface area contributed by atoms with E-state index in [-0.39, 0.29) is 5.91 Å². The normalized spacial score (nSPS) is 13.6. The van der Waals surface area contributed by atoms with Crippen molar-refractivity contribution < 1.29 is 4.79 Å². The van der Waals surface area contributed by atoms with E-state index in [9.17, 15) is 4.79 Å². The molecule has 0 spiro atoms. The molecule has 0 bridgehead atoms. The maximum absolute atomic E-state index is 12.5. The summed E-state index contributed by atoms with van der Waals surface area (Å²) >= 11 is 0. The summed E-state index contributed by atoms with van der Waals surface area (Å²) in [4.78, 5) is 30.7. The summed E-state index contributed by atoms with van der Waals surface area (Å²) in [7, 11) is 3.53. The van der Waals surface area contributed by atoms with Gasteiger partial charge in [0.15, 0.2) is 0 Å². The molecule has 5 rings (SSSR count). The van der Waals surface area contributed by atoms with Gasteiger partial charge in [0.25, 0.3) is 5.91 Å². The molecule has 2 aromatic carbocycles. The van der Waals surface area contributed by atoms with Gasteiger partial charge >= 0.3 is 0 Å². The Hall–Kier alpha value is -4.30. The third kappa shape index (κ3) is 6.59. The van der Waals surface area contributed by atoms with Crippen LogP contribution in [0.1, 0.15) is 34.5 Å². The fourth-order valence-electron chi connectivity index (χ4n) is 4.88. The van der Waals surface area contributed by atoms with Gasteiger partial charge in [-0.1, -0.05) is 48.5 Å². The van der Waals surface area contributed by atoms with E-state index >= 15 is 0 Å². The van der Waals surface area contributed by atoms with E-state index in [1.807, 2.05) is 54.7 Å². The SMILES string of the molecule is CN(C)C(=O)c1ccc(-c2cnc(NCc3ccccn3)nc2N(Cc2ccccc2)C2CCNCC2)cc1. The van der Waals surface area contributed by atoms with Crippen molar-refractivity contribution in [3.05, 3.63) is 102 Å². The van der Waals surface area contributed by atoms with Crippen molar-refractivity contribution in [2.75, 3.05) is 37.4 Å². The predicted molar refractivity (Wildman–Crippen MR) is 156 cm³/mol. The number of benzene rings is 2. The highest BCUT2D eigenvalue weighted by Crippen LogP contribution is 2.34. The quantitative estimate of drug-likeness (QED) is 0.333. The Morgan fingerprint density at radius 3 is 2.38 bits per heavy atom. The molecule has 8 heteroatoms. The van der Waals surface area contributed by atoms with Gasteiger partial charge in [-0.2, -0.15) is 4.98 Å². The molecule has 2 aromatic heterocycles. The van der Waals surface area contributed by atoms with Crippen molar-refractivity contribution in [2.45, 2.75) is 32.0 Å². The number of hydrogen-bond acceptors (Lipinski definition) is 7. The zero-order valence-corrected chi connectivity index (χ0v) is 22.5. The topological polar surface area (TPSA) is 86.3 Å². The molecule has 3 heterocycles. The largest absolute Gasteiger partial charge is 0.349 e. The predicted octanol–water partition coefficient (Wildman–Crippen LogP) is 4.61. The maximum atomic E-state index is 12.5. The Labute approximate surface area is 230 Å². The lowest BCUT2D eigenvalue weighted by Crippen LogP contribution is -2.43. The van der Waals surface area contributed by atoms with Gasteiger partial charge in [0.05, 0.1) is 12.2 Å². The first-order chi connectivity index (χ1) is 19.1. The number of amides is 1. The number of carbonyl (C=O) groups is 1. The summed E-state index contributed by atoms with van der Waals surface area (Å²) in [5, 5.41) is 6.86. The smallest absolute Gasteiger partial charge is 0.253 e. The minimum Gasteiger partial charge on any atom is -0.349 e. The van der Waals surface area contributed by atoms with Gasteiger partial charge < -0.3 is 20.4 Å². The first kappa shape index (κ1) is 26.3. The summed E-state index contributed by atoms with van der Waals surface area (Å²) in [6.45, 7) is 3.23. The number of aromatic nitrogens is 3. The highest BCUT2D eigenvalue weighted by molar-refractivity contribution is 5.94. The number of anilines is 2. The zero-order chi connectivity index (χ0) is 27.0. The van der Waals surface area contributed by atoms with Crippen LogP contribution in [0.3, 0.4) is 0 Å². The molecule has 1 saturated heterocycles. The Kier molecular flexibility index (Phi) is 8.43. The lowest BCUT2D eigenvalue weighted by Gasteiger charge is -2.37. The number of pyridine rings is 1. The molecule has 2 N–H and O–H groups in total. The van der Waals surface area contributed by atoms with Crippen molar-refractivity contribution in [1.29, 1.82) is 0 Å². The highest BCUT2D eigenvalue weighted by atomic mass is 16.2. The fourth-order valence-corrected chi connectivity index (χ4v) is 4.88. The Morgan fingerprint density at radius 2 is 1.69 bits per heavy atom. The van der Waals surface area contributed by atoms with Crippen LogP contribution >= 0.6 is 0 Å². The van der Waals surface area contributed by atoms with Crippen molar-refractivity contribution in [1.82, 2.24) is 25.2 Å². The second kappa shape index (κ2) is 12.5. The Balaban J connectivity index is 1.54. The fraction of sp³-hybridized carbons (Fsp3) is 0.290. The van der Waals surface area contributed by atoms with Crippen LogP contribution in [0.5, 0.6) is 0 Å². The molecule has 0 aliphatic carbocycles. The average molecular weight is 522 g/mol. The van der Waals surface area contributed by atoms with E-state index in [1.54, 1.807) is 25.2 Å². The van der Waals surface area contributed by atoms with Crippen LogP contribution in [0.4, 0.5) is 11.8 Å². The molecular formula is C31H35N7O. The van der Waals surface area contributed by atoms with Crippen LogP contribution in [0.25, 0.3) is 11.1 Å². The summed E-state index contributed by atoms with van der Waals surface area (Å²) < 4.78 is 0. The monoisotopic (exact) mass is 521 g/mol.